The highest BCUT2D eigenvalue weighted by molar-refractivity contribution is 7.85. The fourth-order valence-corrected chi connectivity index (χ4v) is 3.12. The monoisotopic (exact) mass is 290 g/mol. The average Bonchev–Trinajstić information content (AvgIpc) is 2.41. The van der Waals surface area contributed by atoms with Gasteiger partial charge in [-0.15, -0.1) is 0 Å². The van der Waals surface area contributed by atoms with Crippen molar-refractivity contribution in [3.8, 4) is 0 Å². The zero-order valence-electron chi connectivity index (χ0n) is 11.1. The Balaban J connectivity index is 2.00. The van der Waals surface area contributed by atoms with E-state index in [1.807, 2.05) is 25.1 Å². The second-order valence-corrected chi connectivity index (χ2v) is 6.02. The Labute approximate surface area is 120 Å². The van der Waals surface area contributed by atoms with E-state index in [1.165, 1.54) is 12.1 Å². The van der Waals surface area contributed by atoms with Gasteiger partial charge in [-0.2, -0.15) is 0 Å². The first kappa shape index (κ1) is 14.6. The van der Waals surface area contributed by atoms with Crippen LogP contribution < -0.4 is 0 Å². The molecule has 20 heavy (non-hydrogen) atoms. The molecular formula is C16H15FO2S. The first-order chi connectivity index (χ1) is 9.56. The number of hydrogen-bond donors (Lipinski definition) is 0. The SMILES string of the molecule is Cc1ccccc1S(=O)CC(=O)Cc1ccc(F)cc1. The van der Waals surface area contributed by atoms with Crippen LogP contribution >= 0.6 is 0 Å². The molecular weight excluding hydrogens is 275 g/mol. The van der Waals surface area contributed by atoms with Gasteiger partial charge in [0.25, 0.3) is 0 Å². The fraction of sp³-hybridized carbons (Fsp3) is 0.188. The van der Waals surface area contributed by atoms with Crippen molar-refractivity contribution in [2.45, 2.75) is 18.2 Å². The first-order valence-electron chi connectivity index (χ1n) is 6.26. The minimum Gasteiger partial charge on any atom is -0.298 e. The number of hydrogen-bond acceptors (Lipinski definition) is 2. The fourth-order valence-electron chi connectivity index (χ4n) is 1.92. The lowest BCUT2D eigenvalue weighted by atomic mass is 10.1. The van der Waals surface area contributed by atoms with Crippen LogP contribution in [-0.2, 0) is 22.0 Å². The Bertz CT molecular complexity index is 635. The van der Waals surface area contributed by atoms with Crippen LogP contribution in [0.25, 0.3) is 0 Å². The van der Waals surface area contributed by atoms with Gasteiger partial charge in [0, 0.05) is 11.3 Å². The van der Waals surface area contributed by atoms with Crippen LogP contribution in [0.15, 0.2) is 53.4 Å². The highest BCUT2D eigenvalue weighted by Crippen LogP contribution is 2.13. The molecule has 0 bridgehead atoms. The molecule has 0 N–H and O–H groups in total. The van der Waals surface area contributed by atoms with E-state index < -0.39 is 10.8 Å². The molecule has 0 saturated carbocycles. The van der Waals surface area contributed by atoms with Crippen molar-refractivity contribution in [2.75, 3.05) is 5.75 Å². The summed E-state index contributed by atoms with van der Waals surface area (Å²) in [7, 11) is -1.33. The third kappa shape index (κ3) is 3.84. The van der Waals surface area contributed by atoms with Crippen LogP contribution in [0, 0.1) is 12.7 Å². The van der Waals surface area contributed by atoms with Gasteiger partial charge in [-0.05, 0) is 36.2 Å². The molecule has 1 atom stereocenters. The Hall–Kier alpha value is -1.81. The van der Waals surface area contributed by atoms with Gasteiger partial charge in [0.1, 0.15) is 11.6 Å². The normalized spacial score (nSPS) is 12.1. The smallest absolute Gasteiger partial charge is 0.150 e. The molecule has 0 spiro atoms. The molecule has 0 aliphatic heterocycles. The quantitative estimate of drug-likeness (QED) is 0.848. The molecule has 0 amide bonds. The molecule has 1 unspecified atom stereocenters. The van der Waals surface area contributed by atoms with Gasteiger partial charge in [0.2, 0.25) is 0 Å². The molecule has 0 aliphatic rings. The van der Waals surface area contributed by atoms with Gasteiger partial charge >= 0.3 is 0 Å². The molecule has 104 valence electrons. The highest BCUT2D eigenvalue weighted by atomic mass is 32.2. The van der Waals surface area contributed by atoms with Crippen molar-refractivity contribution in [2.24, 2.45) is 0 Å². The predicted molar refractivity (Wildman–Crippen MR) is 77.6 cm³/mol. The van der Waals surface area contributed by atoms with E-state index in [4.69, 9.17) is 0 Å². The Morgan fingerprint density at radius 2 is 1.75 bits per heavy atom. The standard InChI is InChI=1S/C16H15FO2S/c1-12-4-2-3-5-16(12)20(19)11-15(18)10-13-6-8-14(17)9-7-13/h2-9H,10-11H2,1H3. The lowest BCUT2D eigenvalue weighted by molar-refractivity contribution is -0.116. The topological polar surface area (TPSA) is 34.1 Å². The summed E-state index contributed by atoms with van der Waals surface area (Å²) in [4.78, 5) is 12.6. The molecule has 2 nitrogen and oxygen atoms in total. The maximum Gasteiger partial charge on any atom is 0.150 e. The van der Waals surface area contributed by atoms with E-state index in [9.17, 15) is 13.4 Å². The van der Waals surface area contributed by atoms with Gasteiger partial charge in [-0.1, -0.05) is 30.3 Å². The molecule has 2 rings (SSSR count). The average molecular weight is 290 g/mol. The maximum absolute atomic E-state index is 12.8. The van der Waals surface area contributed by atoms with Crippen molar-refractivity contribution < 1.29 is 13.4 Å². The number of carbonyl (C=O) groups excluding carboxylic acids is 1. The molecule has 2 aromatic carbocycles. The van der Waals surface area contributed by atoms with Crippen molar-refractivity contribution >= 4 is 16.6 Å². The molecule has 0 radical (unpaired) electrons. The highest BCUT2D eigenvalue weighted by Gasteiger charge is 2.12. The van der Waals surface area contributed by atoms with Crippen LogP contribution in [0.2, 0.25) is 0 Å². The van der Waals surface area contributed by atoms with Crippen molar-refractivity contribution in [3.05, 3.63) is 65.5 Å². The Morgan fingerprint density at radius 3 is 2.40 bits per heavy atom. The third-order valence-corrected chi connectivity index (χ3v) is 4.48. The lowest BCUT2D eigenvalue weighted by Gasteiger charge is -2.05. The van der Waals surface area contributed by atoms with E-state index >= 15 is 0 Å². The van der Waals surface area contributed by atoms with Gasteiger partial charge in [-0.3, -0.25) is 9.00 Å². The summed E-state index contributed by atoms with van der Waals surface area (Å²) in [6.07, 6.45) is 0.178. The summed E-state index contributed by atoms with van der Waals surface area (Å²) in [5, 5.41) is 0. The van der Waals surface area contributed by atoms with E-state index in [0.29, 0.717) is 4.90 Å². The van der Waals surface area contributed by atoms with Crippen molar-refractivity contribution in [3.63, 3.8) is 0 Å². The summed E-state index contributed by atoms with van der Waals surface area (Å²) in [5.74, 6) is -0.453. The zero-order chi connectivity index (χ0) is 14.5. The number of halogens is 1. The third-order valence-electron chi connectivity index (χ3n) is 2.95. The van der Waals surface area contributed by atoms with E-state index in [0.717, 1.165) is 11.1 Å². The molecule has 0 aromatic heterocycles. The summed E-state index contributed by atoms with van der Waals surface area (Å²) in [5.41, 5.74) is 1.65. The molecule has 4 heteroatoms. The molecule has 2 aromatic rings. The molecule has 0 aliphatic carbocycles. The van der Waals surface area contributed by atoms with Crippen LogP contribution in [-0.4, -0.2) is 15.7 Å². The number of rotatable bonds is 5. The number of benzene rings is 2. The summed E-state index contributed by atoms with van der Waals surface area (Å²) in [6, 6.07) is 13.1. The number of aryl methyl sites for hydroxylation is 1. The number of ketones is 1. The van der Waals surface area contributed by atoms with E-state index in [1.54, 1.807) is 18.2 Å². The Morgan fingerprint density at radius 1 is 1.10 bits per heavy atom. The van der Waals surface area contributed by atoms with Gasteiger partial charge in [-0.25, -0.2) is 4.39 Å². The summed E-state index contributed by atoms with van der Waals surface area (Å²) < 4.78 is 24.9. The molecule has 0 heterocycles. The second-order valence-electron chi connectivity index (χ2n) is 4.60. The Kier molecular flexibility index (Phi) is 4.79. The van der Waals surface area contributed by atoms with E-state index in [-0.39, 0.29) is 23.8 Å². The van der Waals surface area contributed by atoms with Crippen LogP contribution in [0.3, 0.4) is 0 Å². The van der Waals surface area contributed by atoms with Crippen molar-refractivity contribution in [1.82, 2.24) is 0 Å². The summed E-state index contributed by atoms with van der Waals surface area (Å²) >= 11 is 0. The minimum atomic E-state index is -1.33. The van der Waals surface area contributed by atoms with Crippen molar-refractivity contribution in [1.29, 1.82) is 0 Å². The van der Waals surface area contributed by atoms with Crippen LogP contribution in [0.1, 0.15) is 11.1 Å². The first-order valence-corrected chi connectivity index (χ1v) is 7.58. The zero-order valence-corrected chi connectivity index (χ0v) is 12.0. The lowest BCUT2D eigenvalue weighted by Crippen LogP contribution is -2.14. The molecule has 0 fully saturated rings. The van der Waals surface area contributed by atoms with E-state index in [2.05, 4.69) is 0 Å². The van der Waals surface area contributed by atoms with Crippen LogP contribution in [0.5, 0.6) is 0 Å². The largest absolute Gasteiger partial charge is 0.298 e. The number of carbonyl (C=O) groups is 1. The van der Waals surface area contributed by atoms with Gasteiger partial charge in [0.15, 0.2) is 0 Å². The van der Waals surface area contributed by atoms with Gasteiger partial charge < -0.3 is 0 Å². The second kappa shape index (κ2) is 6.57. The minimum absolute atomic E-state index is 0.0117. The number of Topliss-reactive ketones (excluding diaryl/α,β-unsaturated/α-hetero) is 1. The van der Waals surface area contributed by atoms with Gasteiger partial charge in [0.05, 0.1) is 16.6 Å². The van der Waals surface area contributed by atoms with Crippen LogP contribution in [0.4, 0.5) is 4.39 Å². The maximum atomic E-state index is 12.8. The predicted octanol–water partition coefficient (Wildman–Crippen LogP) is 3.05. The molecule has 0 saturated heterocycles. The summed E-state index contributed by atoms with van der Waals surface area (Å²) in [6.45, 7) is 1.87.